The van der Waals surface area contributed by atoms with Gasteiger partial charge in [-0.2, -0.15) is 0 Å². The summed E-state index contributed by atoms with van der Waals surface area (Å²) in [6.07, 6.45) is 0.657. The van der Waals surface area contributed by atoms with Gasteiger partial charge in [0.05, 0.1) is 0 Å². The van der Waals surface area contributed by atoms with Crippen LogP contribution in [0.4, 0.5) is 0 Å². The molecule has 21 heavy (non-hydrogen) atoms. The van der Waals surface area contributed by atoms with Crippen molar-refractivity contribution >= 4 is 11.7 Å². The first kappa shape index (κ1) is 14.9. The second-order valence-corrected chi connectivity index (χ2v) is 4.88. The number of hydrogen-bond donors (Lipinski definition) is 1. The van der Waals surface area contributed by atoms with E-state index in [4.69, 9.17) is 9.84 Å². The van der Waals surface area contributed by atoms with E-state index >= 15 is 0 Å². The first-order chi connectivity index (χ1) is 10.1. The molecular formula is C18H18O3. The Morgan fingerprint density at radius 1 is 1.14 bits per heavy atom. The topological polar surface area (TPSA) is 46.5 Å². The summed E-state index contributed by atoms with van der Waals surface area (Å²) < 4.78 is 5.75. The van der Waals surface area contributed by atoms with E-state index in [1.807, 2.05) is 55.5 Å². The summed E-state index contributed by atoms with van der Waals surface area (Å²) in [5.41, 5.74) is 3.07. The maximum Gasteiger partial charge on any atom is 0.303 e. The Kier molecular flexibility index (Phi) is 4.77. The molecular weight excluding hydrogens is 264 g/mol. The van der Waals surface area contributed by atoms with Crippen molar-refractivity contribution in [3.8, 4) is 5.75 Å². The predicted molar refractivity (Wildman–Crippen MR) is 83.2 cm³/mol. The molecule has 0 atom stereocenters. The molecule has 0 heterocycles. The van der Waals surface area contributed by atoms with Crippen LogP contribution in [-0.4, -0.2) is 11.1 Å². The van der Waals surface area contributed by atoms with E-state index < -0.39 is 5.97 Å². The van der Waals surface area contributed by atoms with Crippen LogP contribution in [0.15, 0.2) is 55.1 Å². The van der Waals surface area contributed by atoms with Crippen molar-refractivity contribution in [3.05, 3.63) is 71.8 Å². The van der Waals surface area contributed by atoms with E-state index in [1.54, 1.807) is 0 Å². The Labute approximate surface area is 124 Å². The fourth-order valence-electron chi connectivity index (χ4n) is 2.06. The van der Waals surface area contributed by atoms with Crippen LogP contribution in [0.5, 0.6) is 5.75 Å². The van der Waals surface area contributed by atoms with Crippen LogP contribution in [0.2, 0.25) is 0 Å². The zero-order valence-electron chi connectivity index (χ0n) is 12.0. The van der Waals surface area contributed by atoms with Gasteiger partial charge in [0.15, 0.2) is 0 Å². The lowest BCUT2D eigenvalue weighted by Gasteiger charge is -2.11. The number of carbonyl (C=O) groups is 1. The summed E-state index contributed by atoms with van der Waals surface area (Å²) in [6.45, 7) is 5.98. The van der Waals surface area contributed by atoms with Crippen LogP contribution >= 0.6 is 0 Å². The van der Waals surface area contributed by atoms with Crippen LogP contribution < -0.4 is 4.74 Å². The van der Waals surface area contributed by atoms with Gasteiger partial charge in [-0.3, -0.25) is 4.79 Å². The van der Waals surface area contributed by atoms with Crippen molar-refractivity contribution in [2.75, 3.05) is 0 Å². The molecule has 0 saturated heterocycles. The third-order valence-electron chi connectivity index (χ3n) is 3.24. The van der Waals surface area contributed by atoms with E-state index in [1.165, 1.54) is 0 Å². The zero-order valence-corrected chi connectivity index (χ0v) is 12.0. The number of hydrogen-bond acceptors (Lipinski definition) is 2. The summed E-state index contributed by atoms with van der Waals surface area (Å²) in [5.74, 6) is 0.511. The molecule has 0 bridgehead atoms. The second kappa shape index (κ2) is 6.75. The molecule has 2 rings (SSSR count). The van der Waals surface area contributed by atoms with Crippen molar-refractivity contribution in [1.29, 1.82) is 0 Å². The molecule has 0 fully saturated rings. The molecule has 0 amide bonds. The highest BCUT2D eigenvalue weighted by Gasteiger charge is 2.05. The van der Waals surface area contributed by atoms with Gasteiger partial charge in [-0.1, -0.05) is 43.0 Å². The zero-order chi connectivity index (χ0) is 15.2. The molecule has 3 nitrogen and oxygen atoms in total. The number of benzene rings is 2. The molecule has 0 spiro atoms. The van der Waals surface area contributed by atoms with Gasteiger partial charge in [-0.05, 0) is 36.6 Å². The lowest BCUT2D eigenvalue weighted by Crippen LogP contribution is -1.98. The fraction of sp³-hybridized carbons (Fsp3) is 0.167. The molecule has 108 valence electrons. The van der Waals surface area contributed by atoms with Crippen LogP contribution in [0.3, 0.4) is 0 Å². The number of aliphatic carboxylic acids is 1. The third-order valence-corrected chi connectivity index (χ3v) is 3.24. The number of ether oxygens (including phenoxy) is 1. The molecule has 3 heteroatoms. The Hall–Kier alpha value is -2.55. The van der Waals surface area contributed by atoms with Crippen LogP contribution in [-0.2, 0) is 11.2 Å². The van der Waals surface area contributed by atoms with Crippen molar-refractivity contribution < 1.29 is 14.6 Å². The minimum Gasteiger partial charge on any atom is -0.481 e. The number of aryl methyl sites for hydroxylation is 2. The van der Waals surface area contributed by atoms with Crippen molar-refractivity contribution in [3.63, 3.8) is 0 Å². The predicted octanol–water partition coefficient (Wildman–Crippen LogP) is 4.06. The monoisotopic (exact) mass is 282 g/mol. The molecule has 2 aromatic carbocycles. The Morgan fingerprint density at radius 2 is 1.81 bits per heavy atom. The SMILES string of the molecule is C=C(Oc1ccc(CCC(=O)O)cc1)c1ccccc1C. The van der Waals surface area contributed by atoms with Crippen LogP contribution in [0.25, 0.3) is 5.76 Å². The fourth-order valence-corrected chi connectivity index (χ4v) is 2.06. The summed E-state index contributed by atoms with van der Waals surface area (Å²) in [5, 5.41) is 8.66. The molecule has 2 aromatic rings. The van der Waals surface area contributed by atoms with Gasteiger partial charge >= 0.3 is 5.97 Å². The Morgan fingerprint density at radius 3 is 2.43 bits per heavy atom. The van der Waals surface area contributed by atoms with Gasteiger partial charge in [0.1, 0.15) is 11.5 Å². The van der Waals surface area contributed by atoms with E-state index in [0.29, 0.717) is 17.9 Å². The quantitative estimate of drug-likeness (QED) is 0.813. The van der Waals surface area contributed by atoms with Crippen molar-refractivity contribution in [2.24, 2.45) is 0 Å². The highest BCUT2D eigenvalue weighted by molar-refractivity contribution is 5.67. The second-order valence-electron chi connectivity index (χ2n) is 4.88. The molecule has 0 aliphatic carbocycles. The van der Waals surface area contributed by atoms with Gasteiger partial charge in [-0.25, -0.2) is 0 Å². The molecule has 0 aliphatic rings. The summed E-state index contributed by atoms with van der Waals surface area (Å²) in [4.78, 5) is 10.5. The number of carboxylic acid groups (broad SMARTS) is 1. The summed E-state index contributed by atoms with van der Waals surface area (Å²) >= 11 is 0. The van der Waals surface area contributed by atoms with E-state index in [0.717, 1.165) is 16.7 Å². The molecule has 0 aliphatic heterocycles. The maximum atomic E-state index is 10.5. The molecule has 1 N–H and O–H groups in total. The van der Waals surface area contributed by atoms with Crippen LogP contribution in [0.1, 0.15) is 23.1 Å². The summed E-state index contributed by atoms with van der Waals surface area (Å²) in [6, 6.07) is 15.3. The van der Waals surface area contributed by atoms with E-state index in [-0.39, 0.29) is 6.42 Å². The maximum absolute atomic E-state index is 10.5. The average Bonchev–Trinajstić information content (AvgIpc) is 2.47. The molecule has 0 saturated carbocycles. The van der Waals surface area contributed by atoms with Gasteiger partial charge in [0.25, 0.3) is 0 Å². The number of carboxylic acids is 1. The minimum atomic E-state index is -0.789. The van der Waals surface area contributed by atoms with Gasteiger partial charge < -0.3 is 9.84 Å². The van der Waals surface area contributed by atoms with E-state index in [2.05, 4.69) is 6.58 Å². The molecule has 0 radical (unpaired) electrons. The Bertz CT molecular complexity index is 642. The lowest BCUT2D eigenvalue weighted by atomic mass is 10.1. The molecule has 0 unspecified atom stereocenters. The third kappa shape index (κ3) is 4.21. The van der Waals surface area contributed by atoms with Crippen molar-refractivity contribution in [2.45, 2.75) is 19.8 Å². The lowest BCUT2D eigenvalue weighted by molar-refractivity contribution is -0.136. The first-order valence-corrected chi connectivity index (χ1v) is 6.80. The first-order valence-electron chi connectivity index (χ1n) is 6.80. The largest absolute Gasteiger partial charge is 0.481 e. The standard InChI is InChI=1S/C18H18O3/c1-13-5-3-4-6-17(13)14(2)21-16-10-7-15(8-11-16)9-12-18(19)20/h3-8,10-11H,2,9,12H2,1H3,(H,19,20). The van der Waals surface area contributed by atoms with Crippen molar-refractivity contribution in [1.82, 2.24) is 0 Å². The Balaban J connectivity index is 2.02. The highest BCUT2D eigenvalue weighted by atomic mass is 16.5. The van der Waals surface area contributed by atoms with Crippen LogP contribution in [0, 0.1) is 6.92 Å². The molecule has 0 aromatic heterocycles. The smallest absolute Gasteiger partial charge is 0.303 e. The van der Waals surface area contributed by atoms with Gasteiger partial charge in [0.2, 0.25) is 0 Å². The number of rotatable bonds is 6. The normalized spacial score (nSPS) is 10.1. The highest BCUT2D eigenvalue weighted by Crippen LogP contribution is 2.22. The minimum absolute atomic E-state index is 0.135. The van der Waals surface area contributed by atoms with E-state index in [9.17, 15) is 4.79 Å². The average molecular weight is 282 g/mol. The van der Waals surface area contributed by atoms with Gasteiger partial charge in [0, 0.05) is 12.0 Å². The van der Waals surface area contributed by atoms with Gasteiger partial charge in [-0.15, -0.1) is 0 Å². The summed E-state index contributed by atoms with van der Waals surface area (Å²) in [7, 11) is 0.